The second kappa shape index (κ2) is 25.5. The number of hydrogen-bond donors (Lipinski definition) is 6. The number of nitrogens with one attached hydrogen (secondary N) is 4. The van der Waals surface area contributed by atoms with Gasteiger partial charge in [0, 0.05) is 47.9 Å². The zero-order chi connectivity index (χ0) is 52.3. The summed E-state index contributed by atoms with van der Waals surface area (Å²) in [5, 5.41) is 43.3. The van der Waals surface area contributed by atoms with Gasteiger partial charge in [-0.05, 0) is 11.1 Å². The Balaban J connectivity index is 0.000000267. The molecule has 8 heterocycles. The largest absolute Gasteiger partial charge is 1.00 e. The van der Waals surface area contributed by atoms with Gasteiger partial charge in [-0.2, -0.15) is 9.97 Å². The molecule has 30 nitrogen and oxygen atoms in total. The molecule has 2 fully saturated rings. The molecule has 4 aliphatic heterocycles. The van der Waals surface area contributed by atoms with Crippen molar-refractivity contribution in [2.24, 2.45) is 24.4 Å². The van der Waals surface area contributed by atoms with E-state index in [0.717, 1.165) is 56.0 Å². The third-order valence-corrected chi connectivity index (χ3v) is 16.3. The molecule has 0 radical (unpaired) electrons. The van der Waals surface area contributed by atoms with Crippen molar-refractivity contribution in [3.63, 3.8) is 0 Å². The van der Waals surface area contributed by atoms with Crippen molar-refractivity contribution in [2.45, 2.75) is 33.1 Å². The van der Waals surface area contributed by atoms with E-state index >= 15 is 0 Å². The molecule has 0 saturated carbocycles. The van der Waals surface area contributed by atoms with E-state index in [-0.39, 0.29) is 137 Å². The van der Waals surface area contributed by atoms with Gasteiger partial charge in [0.25, 0.3) is 23.6 Å². The molecule has 8 N–H and O–H groups in total. The van der Waals surface area contributed by atoms with E-state index < -0.39 is 80.6 Å². The first-order valence-corrected chi connectivity index (χ1v) is 25.7. The van der Waals surface area contributed by atoms with Gasteiger partial charge in [-0.25, -0.2) is 9.97 Å². The van der Waals surface area contributed by atoms with Gasteiger partial charge in [-0.1, -0.05) is 33.8 Å². The van der Waals surface area contributed by atoms with Crippen LogP contribution in [0.4, 0.5) is 10.3 Å². The number of nitrogen functional groups attached to an aromatic ring is 2. The van der Waals surface area contributed by atoms with Crippen molar-refractivity contribution in [3.05, 3.63) is 86.1 Å². The fraction of sp³-hybridized carbons (Fsp3) is 0.333. The predicted molar refractivity (Wildman–Crippen MR) is 256 cm³/mol. The fourth-order valence-electron chi connectivity index (χ4n) is 6.85. The summed E-state index contributed by atoms with van der Waals surface area (Å²) in [6.45, 7) is 0. The Bertz CT molecular complexity index is 3080. The smallest absolute Gasteiger partial charge is 0.543 e. The number of carboxylic acid groups (broad SMARTS) is 2. The van der Waals surface area contributed by atoms with E-state index in [0.29, 0.717) is 11.1 Å². The number of amides is 4. The number of carbonyl (C=O) groups is 6. The number of aryl methyl sites for hydroxylation is 2. The molecule has 8 rings (SSSR count). The average Bonchev–Trinajstić information content (AvgIpc) is 3.98. The van der Waals surface area contributed by atoms with Crippen molar-refractivity contribution < 1.29 is 108 Å². The molecule has 4 aromatic heterocycles. The van der Waals surface area contributed by atoms with Crippen molar-refractivity contribution in [1.82, 2.24) is 59.9 Å². The van der Waals surface area contributed by atoms with E-state index in [1.165, 1.54) is 72.0 Å². The molecule has 0 spiro atoms. The number of aliphatic carboxylic acids is 2. The summed E-state index contributed by atoms with van der Waals surface area (Å²) in [7, 11) is 5.44. The second-order valence-electron chi connectivity index (χ2n) is 14.6. The number of thiazole rings is 2. The summed E-state index contributed by atoms with van der Waals surface area (Å²) < 4.78 is 2.48. The van der Waals surface area contributed by atoms with E-state index in [1.54, 1.807) is 0 Å². The normalized spacial score (nSPS) is 19.0. The standard InChI is InChI=1S/2C18H18N8O7S3.2Na/c2*1-25-18(22-12(28)13(29)23-25)36-4-6-3-34-15-9(14(30)26(15)10(6)16(31)32)21-11(27)8(24-33-2)7-5-35-17(19)20-7;;/h2*5,9,15H,3-4H2,1-2H3,(H2,19,20)(H,21,27)(H,23,29)(H,31,32);;/q;;2*+1/p-2/b2*24-8-;;/t2*9-,15-;;/m11../s1. The van der Waals surface area contributed by atoms with Crippen molar-refractivity contribution in [1.29, 1.82) is 0 Å². The molecular weight excluding hydrogens is 1120 g/mol. The maximum Gasteiger partial charge on any atom is 1.00 e. The number of hydrogen-bond acceptors (Lipinski definition) is 28. The first-order valence-electron chi connectivity index (χ1n) is 19.9. The number of nitrogens with zero attached hydrogens (tertiary/aromatic N) is 10. The predicted octanol–water partition coefficient (Wildman–Crippen LogP) is -11.9. The molecule has 2 saturated heterocycles. The Morgan fingerprint density at radius 1 is 0.689 bits per heavy atom. The first kappa shape index (κ1) is 59.6. The molecule has 4 amide bonds. The van der Waals surface area contributed by atoms with E-state index in [9.17, 15) is 58.2 Å². The molecule has 74 heavy (non-hydrogen) atoms. The Kier molecular flexibility index (Phi) is 20.5. The number of fused-ring (bicyclic) bond motifs is 2. The number of β-lactam (4-membered cyclic amide) rings is 2. The number of carboxylic acids is 2. The molecule has 0 aliphatic carbocycles. The van der Waals surface area contributed by atoms with Crippen LogP contribution in [-0.2, 0) is 52.5 Å². The SMILES string of the molecule is CO/N=C(\C(=O)N[C@@H]1C(=O)N2C(C(=O)[O-])=C(CSc3nc(=O)c(=O)[nH]n3C)CS[C@H]12)c1csc(N)n1.CO/N=C(\C(=O)N[C@@H]1C(=O)N2C(C(=O)[O-])=C(CSc3nc(=O)c(=O)[nH]n3C)CS[C@H]12)c1csc(N)n1.[Na+].[Na+]. The van der Waals surface area contributed by atoms with Crippen LogP contribution in [0.3, 0.4) is 0 Å². The zero-order valence-corrected chi connectivity index (χ0v) is 48.0. The van der Waals surface area contributed by atoms with Gasteiger partial charge in [0.05, 0.1) is 23.3 Å². The van der Waals surface area contributed by atoms with E-state index in [1.807, 2.05) is 0 Å². The number of aromatic nitrogens is 8. The molecule has 0 aromatic carbocycles. The van der Waals surface area contributed by atoms with Crippen molar-refractivity contribution in [3.8, 4) is 0 Å². The Morgan fingerprint density at radius 2 is 1.05 bits per heavy atom. The second-order valence-corrected chi connectivity index (χ2v) is 20.4. The van der Waals surface area contributed by atoms with Crippen LogP contribution >= 0.6 is 69.7 Å². The summed E-state index contributed by atoms with van der Waals surface area (Å²) in [6, 6.07) is -2.04. The van der Waals surface area contributed by atoms with Gasteiger partial charge in [0.2, 0.25) is 0 Å². The number of carbonyl (C=O) groups excluding carboxylic acids is 6. The summed E-state index contributed by atoms with van der Waals surface area (Å²) in [5.41, 5.74) is 7.55. The quantitative estimate of drug-likeness (QED) is 0.0151. The molecular formula is C36H34N16Na2O14S6. The van der Waals surface area contributed by atoms with Gasteiger partial charge < -0.3 is 51.6 Å². The van der Waals surface area contributed by atoms with Crippen LogP contribution in [0.15, 0.2) is 73.1 Å². The third kappa shape index (κ3) is 12.7. The van der Waals surface area contributed by atoms with Crippen LogP contribution in [0.2, 0.25) is 0 Å². The number of rotatable bonds is 16. The monoisotopic (exact) mass is 1150 g/mol. The summed E-state index contributed by atoms with van der Waals surface area (Å²) in [4.78, 5) is 148. The van der Waals surface area contributed by atoms with Crippen molar-refractivity contribution >= 4 is 127 Å². The minimum absolute atomic E-state index is 0. The van der Waals surface area contributed by atoms with Crippen LogP contribution in [0.5, 0.6) is 0 Å². The molecule has 0 unspecified atom stereocenters. The third-order valence-electron chi connectivity index (χ3n) is 10.0. The van der Waals surface area contributed by atoms with Crippen LogP contribution in [0.25, 0.3) is 0 Å². The van der Waals surface area contributed by atoms with Crippen LogP contribution in [0.1, 0.15) is 11.4 Å². The van der Waals surface area contributed by atoms with E-state index in [2.05, 4.69) is 51.1 Å². The molecule has 4 aliphatic rings. The Labute approximate surface area is 482 Å². The number of aromatic amines is 2. The molecule has 380 valence electrons. The van der Waals surface area contributed by atoms with Crippen LogP contribution < -0.4 is 114 Å². The van der Waals surface area contributed by atoms with Gasteiger partial charge in [0.1, 0.15) is 48.4 Å². The maximum atomic E-state index is 12.9. The number of H-pyrrole nitrogens is 2. The molecule has 4 aromatic rings. The molecule has 0 bridgehead atoms. The Hall–Kier alpha value is -5.28. The Morgan fingerprint density at radius 3 is 1.36 bits per heavy atom. The van der Waals surface area contributed by atoms with E-state index in [4.69, 9.17) is 21.1 Å². The summed E-state index contributed by atoms with van der Waals surface area (Å²) >= 11 is 6.69. The number of thioether (sulfide) groups is 4. The zero-order valence-electron chi connectivity index (χ0n) is 39.1. The van der Waals surface area contributed by atoms with Crippen LogP contribution in [0, 0.1) is 0 Å². The van der Waals surface area contributed by atoms with Gasteiger partial charge in [-0.3, -0.25) is 67.7 Å². The molecule has 4 atom stereocenters. The van der Waals surface area contributed by atoms with Gasteiger partial charge >= 0.3 is 81.4 Å². The summed E-state index contributed by atoms with van der Waals surface area (Å²) in [5.74, 6) is -5.37. The fourth-order valence-corrected chi connectivity index (χ4v) is 12.8. The van der Waals surface area contributed by atoms with Gasteiger partial charge in [0.15, 0.2) is 32.0 Å². The average molecular weight is 1150 g/mol. The van der Waals surface area contributed by atoms with Gasteiger partial charge in [-0.15, -0.1) is 46.2 Å². The number of oxime groups is 2. The minimum atomic E-state index is -1.56. The first-order chi connectivity index (χ1) is 34.2. The van der Waals surface area contributed by atoms with Crippen LogP contribution in [-0.4, -0.2) is 156 Å². The number of anilines is 2. The topological polar surface area (TPSA) is 436 Å². The summed E-state index contributed by atoms with van der Waals surface area (Å²) in [6.07, 6.45) is 0. The maximum absolute atomic E-state index is 12.9. The number of nitrogens with two attached hydrogens (primary N) is 2. The molecule has 38 heteroatoms. The van der Waals surface area contributed by atoms with Crippen molar-refractivity contribution in [2.75, 3.05) is 48.7 Å². The minimum Gasteiger partial charge on any atom is -0.543 e.